The number of hydrogen-bond acceptors (Lipinski definition) is 2. The zero-order valence-corrected chi connectivity index (χ0v) is 10.7. The lowest BCUT2D eigenvalue weighted by atomic mass is 10.1. The van der Waals surface area contributed by atoms with Crippen LogP contribution in [-0.2, 0) is 3.55 Å². The molecule has 0 saturated carbocycles. The molecular formula is C9H12IN3S. The van der Waals surface area contributed by atoms with Crippen LogP contribution >= 0.6 is 34.8 Å². The summed E-state index contributed by atoms with van der Waals surface area (Å²) >= 11 is 7.05. The number of nitrogen functional groups attached to an aromatic ring is 1. The Morgan fingerprint density at radius 3 is 2.71 bits per heavy atom. The van der Waals surface area contributed by atoms with Crippen molar-refractivity contribution < 1.29 is 0 Å². The van der Waals surface area contributed by atoms with Gasteiger partial charge in [-0.05, 0) is 59.4 Å². The van der Waals surface area contributed by atoms with Crippen LogP contribution in [0.1, 0.15) is 12.5 Å². The second kappa shape index (κ2) is 4.31. The summed E-state index contributed by atoms with van der Waals surface area (Å²) in [5, 5.41) is 3.28. The van der Waals surface area contributed by atoms with Gasteiger partial charge in [-0.1, -0.05) is 12.1 Å². The second-order valence-electron chi connectivity index (χ2n) is 3.12. The Morgan fingerprint density at radius 2 is 2.21 bits per heavy atom. The molecule has 0 radical (unpaired) electrons. The lowest BCUT2D eigenvalue weighted by molar-refractivity contribution is 0.685. The molecule has 0 bridgehead atoms. The van der Waals surface area contributed by atoms with Gasteiger partial charge in [0.25, 0.3) is 0 Å². The first-order valence-electron chi connectivity index (χ1n) is 4.04. The van der Waals surface area contributed by atoms with E-state index >= 15 is 0 Å². The van der Waals surface area contributed by atoms with E-state index in [-0.39, 0.29) is 8.66 Å². The number of hydrogen-bond donors (Lipinski definition) is 3. The molecule has 1 unspecified atom stereocenters. The summed E-state index contributed by atoms with van der Waals surface area (Å²) in [4.78, 5) is 0. The molecule has 0 saturated heterocycles. The molecule has 0 amide bonds. The minimum absolute atomic E-state index is 0.282. The van der Waals surface area contributed by atoms with Crippen molar-refractivity contribution in [3.05, 3.63) is 29.8 Å². The van der Waals surface area contributed by atoms with Gasteiger partial charge >= 0.3 is 0 Å². The molecule has 1 aromatic carbocycles. The Bertz CT molecular complexity index is 352. The highest BCUT2D eigenvalue weighted by Gasteiger charge is 2.22. The predicted octanol–water partition coefficient (Wildman–Crippen LogP) is 1.71. The summed E-state index contributed by atoms with van der Waals surface area (Å²) < 4.78 is -0.320. The summed E-state index contributed by atoms with van der Waals surface area (Å²) in [5.41, 5.74) is 12.9. The molecule has 0 heterocycles. The minimum Gasteiger partial charge on any atom is -0.399 e. The summed E-state index contributed by atoms with van der Waals surface area (Å²) in [6.45, 7) is 1.99. The number of rotatable bonds is 2. The Balaban J connectivity index is 2.97. The largest absolute Gasteiger partial charge is 0.399 e. The van der Waals surface area contributed by atoms with Crippen LogP contribution in [0.25, 0.3) is 0 Å². The second-order valence-corrected chi connectivity index (χ2v) is 5.72. The van der Waals surface area contributed by atoms with E-state index in [9.17, 15) is 0 Å². The van der Waals surface area contributed by atoms with Crippen molar-refractivity contribution >= 4 is 45.6 Å². The lowest BCUT2D eigenvalue weighted by Gasteiger charge is -2.25. The zero-order chi connectivity index (χ0) is 10.8. The topological polar surface area (TPSA) is 64.1 Å². The molecule has 5 heteroatoms. The van der Waals surface area contributed by atoms with Gasteiger partial charge < -0.3 is 16.8 Å². The molecule has 14 heavy (non-hydrogen) atoms. The highest BCUT2D eigenvalue weighted by molar-refractivity contribution is 14.1. The van der Waals surface area contributed by atoms with Crippen molar-refractivity contribution in [3.63, 3.8) is 0 Å². The molecule has 1 atom stereocenters. The first kappa shape index (κ1) is 11.5. The smallest absolute Gasteiger partial charge is 0.164 e. The molecule has 0 fully saturated rings. The zero-order valence-electron chi connectivity index (χ0n) is 7.75. The summed E-state index contributed by atoms with van der Waals surface area (Å²) in [5.74, 6) is 0. The van der Waals surface area contributed by atoms with Crippen LogP contribution in [0.15, 0.2) is 24.3 Å². The van der Waals surface area contributed by atoms with E-state index in [4.69, 9.17) is 23.7 Å². The fraction of sp³-hybridized carbons (Fsp3) is 0.222. The average Bonchev–Trinajstić information content (AvgIpc) is 2.01. The number of nitrogens with one attached hydrogen (secondary N) is 1. The number of halogens is 1. The third-order valence-electron chi connectivity index (χ3n) is 1.79. The monoisotopic (exact) mass is 321 g/mol. The van der Waals surface area contributed by atoms with Crippen LogP contribution in [0.5, 0.6) is 0 Å². The number of thiocarbonyl (C=S) groups is 1. The highest BCUT2D eigenvalue weighted by Crippen LogP contribution is 2.29. The van der Waals surface area contributed by atoms with Gasteiger partial charge in [0.2, 0.25) is 0 Å². The van der Waals surface area contributed by atoms with Crippen molar-refractivity contribution in [2.24, 2.45) is 5.73 Å². The maximum atomic E-state index is 5.69. The van der Waals surface area contributed by atoms with Crippen molar-refractivity contribution in [2.75, 3.05) is 5.73 Å². The van der Waals surface area contributed by atoms with E-state index in [1.165, 1.54) is 0 Å². The van der Waals surface area contributed by atoms with E-state index in [1.54, 1.807) is 0 Å². The molecule has 0 spiro atoms. The maximum Gasteiger partial charge on any atom is 0.164 e. The van der Waals surface area contributed by atoms with Gasteiger partial charge in [-0.25, -0.2) is 0 Å². The predicted molar refractivity (Wildman–Crippen MR) is 72.1 cm³/mol. The third-order valence-corrected chi connectivity index (χ3v) is 2.78. The Morgan fingerprint density at radius 1 is 1.57 bits per heavy atom. The van der Waals surface area contributed by atoms with E-state index in [2.05, 4.69) is 27.9 Å². The van der Waals surface area contributed by atoms with E-state index in [1.807, 2.05) is 31.2 Å². The molecule has 3 nitrogen and oxygen atoms in total. The summed E-state index contributed by atoms with van der Waals surface area (Å²) in [7, 11) is 0. The fourth-order valence-electron chi connectivity index (χ4n) is 1.13. The number of benzene rings is 1. The van der Waals surface area contributed by atoms with Gasteiger partial charge in [0.1, 0.15) is 3.55 Å². The summed E-state index contributed by atoms with van der Waals surface area (Å²) in [6, 6.07) is 7.63. The third kappa shape index (κ3) is 2.98. The Hall–Kier alpha value is -0.560. The summed E-state index contributed by atoms with van der Waals surface area (Å²) in [6.07, 6.45) is 0. The van der Waals surface area contributed by atoms with Crippen LogP contribution in [0.3, 0.4) is 0 Å². The maximum absolute atomic E-state index is 5.69. The van der Waals surface area contributed by atoms with Crippen LogP contribution in [0.2, 0.25) is 0 Å². The van der Waals surface area contributed by atoms with Crippen molar-refractivity contribution in [3.8, 4) is 0 Å². The number of alkyl halides is 1. The van der Waals surface area contributed by atoms with E-state index in [0.29, 0.717) is 0 Å². The Kier molecular flexibility index (Phi) is 3.54. The molecule has 0 aliphatic carbocycles. The van der Waals surface area contributed by atoms with Gasteiger partial charge in [0, 0.05) is 5.69 Å². The van der Waals surface area contributed by atoms with Gasteiger partial charge in [-0.2, -0.15) is 0 Å². The Labute approximate surface area is 102 Å². The van der Waals surface area contributed by atoms with Gasteiger partial charge in [0.15, 0.2) is 5.11 Å². The number of anilines is 1. The average molecular weight is 321 g/mol. The van der Waals surface area contributed by atoms with Crippen molar-refractivity contribution in [1.29, 1.82) is 0 Å². The molecule has 76 valence electrons. The van der Waals surface area contributed by atoms with Crippen molar-refractivity contribution in [2.45, 2.75) is 10.5 Å². The quantitative estimate of drug-likeness (QED) is 0.255. The first-order valence-corrected chi connectivity index (χ1v) is 5.53. The fourth-order valence-corrected chi connectivity index (χ4v) is 2.15. The highest BCUT2D eigenvalue weighted by atomic mass is 127. The van der Waals surface area contributed by atoms with Crippen LogP contribution < -0.4 is 16.8 Å². The molecule has 1 rings (SSSR count). The SMILES string of the molecule is CC(I)(NC(N)=S)c1cccc(N)c1. The molecule has 0 aromatic heterocycles. The molecule has 5 N–H and O–H groups in total. The van der Waals surface area contributed by atoms with E-state index in [0.717, 1.165) is 11.3 Å². The first-order chi connectivity index (χ1) is 6.42. The lowest BCUT2D eigenvalue weighted by Crippen LogP contribution is -2.41. The van der Waals surface area contributed by atoms with Gasteiger partial charge in [-0.3, -0.25) is 0 Å². The van der Waals surface area contributed by atoms with E-state index < -0.39 is 0 Å². The number of nitrogens with two attached hydrogens (primary N) is 2. The van der Waals surface area contributed by atoms with Gasteiger partial charge in [0.05, 0.1) is 0 Å². The van der Waals surface area contributed by atoms with Crippen LogP contribution in [-0.4, -0.2) is 5.11 Å². The minimum atomic E-state index is -0.320. The molecule has 0 aliphatic heterocycles. The normalized spacial score (nSPS) is 14.4. The molecule has 0 aliphatic rings. The molecular weight excluding hydrogens is 309 g/mol. The van der Waals surface area contributed by atoms with Gasteiger partial charge in [-0.15, -0.1) is 0 Å². The molecule has 1 aromatic rings. The van der Waals surface area contributed by atoms with Crippen LogP contribution in [0.4, 0.5) is 5.69 Å². The standard InChI is InChI=1S/C9H12IN3S/c1-9(10,13-8(12)14)6-3-2-4-7(11)5-6/h2-5H,11H2,1H3,(H3,12,13,14). The van der Waals surface area contributed by atoms with Crippen molar-refractivity contribution in [1.82, 2.24) is 5.32 Å². The van der Waals surface area contributed by atoms with Crippen LogP contribution in [0, 0.1) is 0 Å².